The Morgan fingerprint density at radius 1 is 1.19 bits per heavy atom. The van der Waals surface area contributed by atoms with Crippen molar-refractivity contribution >= 4 is 16.7 Å². The first-order valence-electron chi connectivity index (χ1n) is 10.4. The molecule has 3 atom stereocenters. The largest absolute Gasteiger partial charge is 0.390 e. The van der Waals surface area contributed by atoms with Gasteiger partial charge in [0, 0.05) is 17.8 Å². The van der Waals surface area contributed by atoms with Gasteiger partial charge in [-0.3, -0.25) is 0 Å². The van der Waals surface area contributed by atoms with Crippen LogP contribution in [0.5, 0.6) is 0 Å². The molecule has 5 nitrogen and oxygen atoms in total. The van der Waals surface area contributed by atoms with Crippen molar-refractivity contribution < 1.29 is 5.11 Å². The fourth-order valence-corrected chi connectivity index (χ4v) is 6.62. The van der Waals surface area contributed by atoms with Crippen LogP contribution in [-0.4, -0.2) is 33.3 Å². The molecule has 1 heterocycles. The summed E-state index contributed by atoms with van der Waals surface area (Å²) in [5.74, 6) is 3.10. The molecule has 4 aliphatic carbocycles. The van der Waals surface area contributed by atoms with Crippen molar-refractivity contribution in [2.45, 2.75) is 63.5 Å². The van der Waals surface area contributed by atoms with Crippen molar-refractivity contribution in [2.24, 2.45) is 23.0 Å². The van der Waals surface area contributed by atoms with Gasteiger partial charge in [-0.2, -0.15) is 0 Å². The normalized spacial score (nSPS) is 35.5. The zero-order valence-corrected chi connectivity index (χ0v) is 16.1. The molecule has 0 spiro atoms. The maximum atomic E-state index is 11.1. The molecule has 4 saturated carbocycles. The number of rotatable bonds is 5. The van der Waals surface area contributed by atoms with Crippen LogP contribution in [0.3, 0.4) is 0 Å². The number of benzene rings is 1. The Labute approximate surface area is 160 Å². The van der Waals surface area contributed by atoms with Gasteiger partial charge in [-0.15, -0.1) is 0 Å². The fourth-order valence-electron chi connectivity index (χ4n) is 6.62. The van der Waals surface area contributed by atoms with E-state index in [1.807, 2.05) is 18.2 Å². The van der Waals surface area contributed by atoms with Crippen molar-refractivity contribution in [3.05, 3.63) is 30.1 Å². The molecule has 4 bridgehead atoms. The van der Waals surface area contributed by atoms with E-state index in [0.29, 0.717) is 24.8 Å². The first-order chi connectivity index (χ1) is 13.0. The monoisotopic (exact) mass is 366 g/mol. The average Bonchev–Trinajstić information content (AvgIpc) is 2.60. The minimum Gasteiger partial charge on any atom is -0.390 e. The molecule has 6 rings (SSSR count). The molecule has 0 radical (unpaired) electrons. The predicted octanol–water partition coefficient (Wildman–Crippen LogP) is 3.26. The first kappa shape index (κ1) is 17.4. The number of aromatic nitrogens is 2. The molecule has 27 heavy (non-hydrogen) atoms. The second-order valence-electron chi connectivity index (χ2n) is 9.46. The number of nitrogens with two attached hydrogens (primary N) is 1. The van der Waals surface area contributed by atoms with Crippen LogP contribution in [-0.2, 0) is 6.42 Å². The molecule has 1 aromatic heterocycles. The number of para-hydroxylation sites is 1. The van der Waals surface area contributed by atoms with Crippen molar-refractivity contribution in [3.8, 4) is 0 Å². The van der Waals surface area contributed by atoms with E-state index in [9.17, 15) is 5.11 Å². The van der Waals surface area contributed by atoms with E-state index in [0.717, 1.165) is 41.8 Å². The van der Waals surface area contributed by atoms with E-state index in [1.165, 1.54) is 19.3 Å². The molecule has 0 aliphatic heterocycles. The molecular formula is C22H30N4O. The van der Waals surface area contributed by atoms with Crippen LogP contribution in [0.15, 0.2) is 24.3 Å². The second-order valence-corrected chi connectivity index (χ2v) is 9.46. The molecule has 4 fully saturated rings. The molecule has 0 amide bonds. The lowest BCUT2D eigenvalue weighted by atomic mass is 9.46. The summed E-state index contributed by atoms with van der Waals surface area (Å²) >= 11 is 0. The fraction of sp³-hybridized carbons (Fsp3) is 0.636. The summed E-state index contributed by atoms with van der Waals surface area (Å²) in [6, 6.07) is 8.46. The van der Waals surface area contributed by atoms with Gasteiger partial charge in [0.15, 0.2) is 0 Å². The van der Waals surface area contributed by atoms with Crippen LogP contribution in [0.2, 0.25) is 0 Å². The molecule has 2 aromatic rings. The zero-order chi connectivity index (χ0) is 18.6. The summed E-state index contributed by atoms with van der Waals surface area (Å²) < 4.78 is 0. The van der Waals surface area contributed by atoms with Gasteiger partial charge < -0.3 is 16.2 Å². The van der Waals surface area contributed by atoms with Crippen LogP contribution < -0.4 is 11.1 Å². The number of hydrogen-bond acceptors (Lipinski definition) is 5. The summed E-state index contributed by atoms with van der Waals surface area (Å²) in [7, 11) is 0. The molecule has 5 heteroatoms. The van der Waals surface area contributed by atoms with Gasteiger partial charge in [0.05, 0.1) is 11.1 Å². The smallest absolute Gasteiger partial charge is 0.137 e. The number of hydrogen-bond donors (Lipinski definition) is 3. The highest BCUT2D eigenvalue weighted by Crippen LogP contribution is 2.63. The van der Waals surface area contributed by atoms with Gasteiger partial charge in [0.2, 0.25) is 0 Å². The molecule has 0 saturated heterocycles. The average molecular weight is 367 g/mol. The van der Waals surface area contributed by atoms with E-state index in [-0.39, 0.29) is 11.5 Å². The third-order valence-corrected chi connectivity index (χ3v) is 7.36. The lowest BCUT2D eigenvalue weighted by Gasteiger charge is -2.62. The summed E-state index contributed by atoms with van der Waals surface area (Å²) in [4.78, 5) is 9.48. The maximum Gasteiger partial charge on any atom is 0.137 e. The van der Waals surface area contributed by atoms with Crippen molar-refractivity contribution in [1.29, 1.82) is 0 Å². The summed E-state index contributed by atoms with van der Waals surface area (Å²) in [5.41, 5.74) is 6.46. The van der Waals surface area contributed by atoms with Crippen LogP contribution in [0, 0.1) is 17.3 Å². The Balaban J connectivity index is 1.48. The van der Waals surface area contributed by atoms with E-state index in [1.54, 1.807) is 0 Å². The SMILES string of the molecule is C[C@H](Nc1nc(CCN)nc2ccccc12)C12C[C@@H]3C[C@H](CC(O)(C3)C1)C2. The molecule has 0 unspecified atom stereocenters. The Kier molecular flexibility index (Phi) is 3.96. The summed E-state index contributed by atoms with van der Waals surface area (Å²) in [6.45, 7) is 2.84. The minimum absolute atomic E-state index is 0.179. The lowest BCUT2D eigenvalue weighted by molar-refractivity contribution is -0.167. The topological polar surface area (TPSA) is 84.1 Å². The van der Waals surface area contributed by atoms with E-state index in [4.69, 9.17) is 10.7 Å². The number of fused-ring (bicyclic) bond motifs is 1. The standard InChI is InChI=1S/C22H30N4O/c1-14(21-9-15-8-16(10-21)12-22(27,11-15)13-21)24-20-17-4-2-3-5-18(17)25-19(26-20)6-7-23/h2-5,14-16,27H,6-13,23H2,1H3,(H,24,25,26)/t14-,15-,16-,21?,22?/m0/s1. The lowest BCUT2D eigenvalue weighted by Crippen LogP contribution is -2.60. The predicted molar refractivity (Wildman–Crippen MR) is 107 cm³/mol. The summed E-state index contributed by atoms with van der Waals surface area (Å²) in [5, 5.41) is 15.9. The number of nitrogens with one attached hydrogen (secondary N) is 1. The highest BCUT2D eigenvalue weighted by molar-refractivity contribution is 5.89. The minimum atomic E-state index is -0.432. The van der Waals surface area contributed by atoms with Gasteiger partial charge in [0.25, 0.3) is 0 Å². The van der Waals surface area contributed by atoms with E-state index in [2.05, 4.69) is 23.3 Å². The third-order valence-electron chi connectivity index (χ3n) is 7.36. The van der Waals surface area contributed by atoms with E-state index >= 15 is 0 Å². The Morgan fingerprint density at radius 2 is 1.93 bits per heavy atom. The highest BCUT2D eigenvalue weighted by Gasteiger charge is 2.58. The maximum absolute atomic E-state index is 11.1. The number of aliphatic hydroxyl groups is 1. The zero-order valence-electron chi connectivity index (χ0n) is 16.1. The first-order valence-corrected chi connectivity index (χ1v) is 10.4. The van der Waals surface area contributed by atoms with Gasteiger partial charge in [0.1, 0.15) is 11.6 Å². The third kappa shape index (κ3) is 2.92. The Morgan fingerprint density at radius 3 is 2.63 bits per heavy atom. The molecule has 4 N–H and O–H groups in total. The van der Waals surface area contributed by atoms with Crippen molar-refractivity contribution in [2.75, 3.05) is 11.9 Å². The van der Waals surface area contributed by atoms with Gasteiger partial charge in [-0.05, 0) is 81.4 Å². The Bertz CT molecular complexity index is 853. The number of nitrogens with zero attached hydrogens (tertiary/aromatic N) is 2. The van der Waals surface area contributed by atoms with Crippen molar-refractivity contribution in [1.82, 2.24) is 9.97 Å². The van der Waals surface area contributed by atoms with Gasteiger partial charge >= 0.3 is 0 Å². The van der Waals surface area contributed by atoms with Crippen LogP contribution in [0.4, 0.5) is 5.82 Å². The van der Waals surface area contributed by atoms with Gasteiger partial charge in [-0.1, -0.05) is 12.1 Å². The molecular weight excluding hydrogens is 336 g/mol. The van der Waals surface area contributed by atoms with Crippen LogP contribution in [0.25, 0.3) is 10.9 Å². The van der Waals surface area contributed by atoms with E-state index < -0.39 is 5.60 Å². The summed E-state index contributed by atoms with van der Waals surface area (Å²) in [6.07, 6.45) is 7.41. The second kappa shape index (κ2) is 6.14. The molecule has 4 aliphatic rings. The Hall–Kier alpha value is -1.72. The van der Waals surface area contributed by atoms with Crippen LogP contribution in [0.1, 0.15) is 51.3 Å². The highest BCUT2D eigenvalue weighted by atomic mass is 16.3. The van der Waals surface area contributed by atoms with Gasteiger partial charge in [-0.25, -0.2) is 9.97 Å². The van der Waals surface area contributed by atoms with Crippen molar-refractivity contribution in [3.63, 3.8) is 0 Å². The van der Waals surface area contributed by atoms with Crippen LogP contribution >= 0.6 is 0 Å². The number of anilines is 1. The molecule has 144 valence electrons. The quantitative estimate of drug-likeness (QED) is 0.756. The molecule has 1 aromatic carbocycles.